The number of ketones is 1. The summed E-state index contributed by atoms with van der Waals surface area (Å²) in [7, 11) is 8.62. The van der Waals surface area contributed by atoms with Crippen LogP contribution in [0.4, 0.5) is 11.4 Å². The highest BCUT2D eigenvalue weighted by atomic mass is 16.3. The Labute approximate surface area is 233 Å². The molecule has 204 valence electrons. The van der Waals surface area contributed by atoms with Gasteiger partial charge in [0.05, 0.1) is 33.1 Å². The lowest BCUT2D eigenvalue weighted by Crippen LogP contribution is -2.38. The largest absolute Gasteiger partial charge is 0.871 e. The molecule has 0 unspecified atom stereocenters. The number of para-hydroxylation sites is 1. The van der Waals surface area contributed by atoms with Gasteiger partial charge in [-0.1, -0.05) is 55.5 Å². The Hall–Kier alpha value is -3.44. The molecule has 3 aliphatic rings. The van der Waals surface area contributed by atoms with E-state index in [-0.39, 0.29) is 27.9 Å². The molecule has 39 heavy (non-hydrogen) atoms. The van der Waals surface area contributed by atoms with Gasteiger partial charge >= 0.3 is 0 Å². The van der Waals surface area contributed by atoms with Crippen molar-refractivity contribution in [3.63, 3.8) is 0 Å². The molecule has 0 fully saturated rings. The highest BCUT2D eigenvalue weighted by molar-refractivity contribution is 6.24. The zero-order valence-corrected chi connectivity index (χ0v) is 25.0. The highest BCUT2D eigenvalue weighted by Gasteiger charge is 2.45. The molecule has 0 amide bonds. The molecule has 0 aromatic heterocycles. The number of Topliss-reactive ketones (excluding diaryl/α,β-unsaturated/α-hetero) is 1. The van der Waals surface area contributed by atoms with Gasteiger partial charge in [0, 0.05) is 58.6 Å². The summed E-state index contributed by atoms with van der Waals surface area (Å²) in [6.45, 7) is 12.7. The predicted molar refractivity (Wildman–Crippen MR) is 158 cm³/mol. The van der Waals surface area contributed by atoms with E-state index in [1.165, 1.54) is 22.4 Å². The molecule has 1 aliphatic carbocycles. The quantitative estimate of drug-likeness (QED) is 0.307. The minimum Gasteiger partial charge on any atom is -0.871 e. The van der Waals surface area contributed by atoms with Crippen molar-refractivity contribution in [1.82, 2.24) is 0 Å². The van der Waals surface area contributed by atoms with Gasteiger partial charge in [-0.3, -0.25) is 4.79 Å². The molecule has 5 rings (SSSR count). The lowest BCUT2D eigenvalue weighted by molar-refractivity contribution is -0.870. The zero-order valence-electron chi connectivity index (χ0n) is 25.0. The minimum absolute atomic E-state index is 0.158. The van der Waals surface area contributed by atoms with Gasteiger partial charge in [-0.05, 0) is 38.5 Å². The molecular formula is C34H42N3O2+. The number of aryl methyl sites for hydroxylation is 1. The maximum atomic E-state index is 13.5. The molecule has 0 bridgehead atoms. The van der Waals surface area contributed by atoms with E-state index in [2.05, 4.69) is 95.6 Å². The standard InChI is InChI=1S/C34H42N3O2/c1-22-15-16-28-26(19-22)34(4,5)30(36(28)17-12-18-37(7,8)9)21-24-31(38)23(32(24)39)20-29-33(2,3)25-13-10-11-14-27(25)35(29)6/h10-11,13-16,19-21H,12,17-18H2,1-9H3/q+1. The minimum atomic E-state index is -0.310. The third kappa shape index (κ3) is 4.37. The third-order valence-corrected chi connectivity index (χ3v) is 8.74. The molecule has 0 atom stereocenters. The summed E-state index contributed by atoms with van der Waals surface area (Å²) >= 11 is 0. The Morgan fingerprint density at radius 2 is 1.67 bits per heavy atom. The summed E-state index contributed by atoms with van der Waals surface area (Å²) in [5.74, 6) is -0.316. The van der Waals surface area contributed by atoms with E-state index in [1.807, 2.05) is 31.3 Å². The third-order valence-electron chi connectivity index (χ3n) is 8.74. The summed E-state index contributed by atoms with van der Waals surface area (Å²) in [6.07, 6.45) is 4.71. The van der Waals surface area contributed by atoms with Gasteiger partial charge in [0.2, 0.25) is 5.69 Å². The van der Waals surface area contributed by atoms with Gasteiger partial charge in [-0.15, -0.1) is 0 Å². The first-order chi connectivity index (χ1) is 18.1. The SMILES string of the molecule is Cc1ccc2c(c1)C(C)(C)/C(=C/C1=C([O-])C(=CC3=[N+](C)c4ccccc4C3(C)C)C1=O)N2CCC[N+](C)(C)C. The lowest BCUT2D eigenvalue weighted by Gasteiger charge is -2.33. The van der Waals surface area contributed by atoms with Crippen LogP contribution >= 0.6 is 0 Å². The van der Waals surface area contributed by atoms with Crippen LogP contribution < -0.4 is 10.0 Å². The van der Waals surface area contributed by atoms with Crippen LogP contribution in [0.15, 0.2) is 77.2 Å². The fourth-order valence-corrected chi connectivity index (χ4v) is 6.42. The van der Waals surface area contributed by atoms with Crippen LogP contribution in [0.2, 0.25) is 0 Å². The Morgan fingerprint density at radius 1 is 0.974 bits per heavy atom. The molecular weight excluding hydrogens is 482 g/mol. The first-order valence-corrected chi connectivity index (χ1v) is 13.9. The summed E-state index contributed by atoms with van der Waals surface area (Å²) in [5, 5.41) is 13.5. The van der Waals surface area contributed by atoms with Gasteiger partial charge in [0.25, 0.3) is 0 Å². The molecule has 2 aromatic rings. The molecule has 5 nitrogen and oxygen atoms in total. The van der Waals surface area contributed by atoms with Crippen LogP contribution in [-0.2, 0) is 15.6 Å². The van der Waals surface area contributed by atoms with Crippen molar-refractivity contribution in [2.24, 2.45) is 0 Å². The van der Waals surface area contributed by atoms with Gasteiger partial charge in [-0.25, -0.2) is 0 Å². The monoisotopic (exact) mass is 524 g/mol. The molecule has 2 aromatic carbocycles. The maximum absolute atomic E-state index is 13.5. The van der Waals surface area contributed by atoms with E-state index in [0.29, 0.717) is 5.57 Å². The van der Waals surface area contributed by atoms with Gasteiger partial charge < -0.3 is 14.5 Å². The summed E-state index contributed by atoms with van der Waals surface area (Å²) in [5.41, 5.74) is 7.93. The lowest BCUT2D eigenvalue weighted by atomic mass is 9.77. The first kappa shape index (κ1) is 27.1. The number of carbonyl (C=O) groups is 1. The van der Waals surface area contributed by atoms with Crippen molar-refractivity contribution in [3.05, 3.63) is 93.9 Å². The van der Waals surface area contributed by atoms with Crippen molar-refractivity contribution < 1.29 is 19.0 Å². The average Bonchev–Trinajstić information content (AvgIpc) is 3.18. The predicted octanol–water partition coefficient (Wildman–Crippen LogP) is 4.90. The Balaban J connectivity index is 1.53. The van der Waals surface area contributed by atoms with Crippen LogP contribution in [0.1, 0.15) is 50.8 Å². The van der Waals surface area contributed by atoms with Crippen molar-refractivity contribution in [3.8, 4) is 0 Å². The van der Waals surface area contributed by atoms with E-state index < -0.39 is 0 Å². The smallest absolute Gasteiger partial charge is 0.209 e. The number of hydrogen-bond donors (Lipinski definition) is 0. The second-order valence-electron chi connectivity index (χ2n) is 13.4. The molecule has 0 saturated heterocycles. The number of nitrogens with zero attached hydrogens (tertiary/aromatic N) is 3. The van der Waals surface area contributed by atoms with E-state index in [4.69, 9.17) is 0 Å². The number of fused-ring (bicyclic) bond motifs is 2. The molecule has 5 heteroatoms. The number of benzene rings is 2. The Bertz CT molecular complexity index is 1510. The molecule has 0 saturated carbocycles. The summed E-state index contributed by atoms with van der Waals surface area (Å²) < 4.78 is 3.00. The van der Waals surface area contributed by atoms with Gasteiger partial charge in [-0.2, -0.15) is 4.58 Å². The highest BCUT2D eigenvalue weighted by Crippen LogP contribution is 2.49. The molecule has 0 radical (unpaired) electrons. The van der Waals surface area contributed by atoms with Crippen LogP contribution in [0.3, 0.4) is 0 Å². The van der Waals surface area contributed by atoms with Crippen LogP contribution in [0, 0.1) is 6.92 Å². The molecule has 2 heterocycles. The Morgan fingerprint density at radius 3 is 2.31 bits per heavy atom. The normalized spacial score (nSPS) is 21.7. The number of hydrogen-bond acceptors (Lipinski definition) is 3. The van der Waals surface area contributed by atoms with Crippen LogP contribution in [-0.4, -0.2) is 61.8 Å². The van der Waals surface area contributed by atoms with E-state index in [1.54, 1.807) is 0 Å². The fraction of sp³-hybridized carbons (Fsp3) is 0.412. The topological polar surface area (TPSA) is 46.4 Å². The van der Waals surface area contributed by atoms with Crippen LogP contribution in [0.5, 0.6) is 0 Å². The molecule has 0 N–H and O–H groups in total. The first-order valence-electron chi connectivity index (χ1n) is 13.9. The number of allylic oxidation sites excluding steroid dienone is 5. The zero-order chi connectivity index (χ0) is 28.5. The van der Waals surface area contributed by atoms with Crippen molar-refractivity contribution >= 4 is 22.9 Å². The molecule has 0 spiro atoms. The summed E-state index contributed by atoms with van der Waals surface area (Å²) in [6, 6.07) is 14.9. The van der Waals surface area contributed by atoms with Crippen molar-refractivity contribution in [2.45, 2.75) is 51.9 Å². The number of rotatable bonds is 6. The van der Waals surface area contributed by atoms with E-state index in [9.17, 15) is 9.90 Å². The van der Waals surface area contributed by atoms with Crippen LogP contribution in [0.25, 0.3) is 0 Å². The number of anilines is 1. The summed E-state index contributed by atoms with van der Waals surface area (Å²) in [4.78, 5) is 15.8. The average molecular weight is 525 g/mol. The van der Waals surface area contributed by atoms with Gasteiger partial charge in [0.15, 0.2) is 11.5 Å². The maximum Gasteiger partial charge on any atom is 0.209 e. The van der Waals surface area contributed by atoms with Gasteiger partial charge in [0.1, 0.15) is 7.05 Å². The molecule has 2 aliphatic heterocycles. The van der Waals surface area contributed by atoms with Crippen molar-refractivity contribution in [2.75, 3.05) is 46.2 Å². The van der Waals surface area contributed by atoms with E-state index in [0.717, 1.165) is 41.1 Å². The van der Waals surface area contributed by atoms with E-state index >= 15 is 0 Å². The van der Waals surface area contributed by atoms with Crippen molar-refractivity contribution in [1.29, 1.82) is 0 Å². The number of carbonyl (C=O) groups excluding carboxylic acids is 1. The second kappa shape index (κ2) is 9.06. The second-order valence-corrected chi connectivity index (χ2v) is 13.4. The number of quaternary nitrogens is 1. The Kier molecular flexibility index (Phi) is 6.30. The fourth-order valence-electron chi connectivity index (χ4n) is 6.42.